The molecule has 0 bridgehead atoms. The van der Waals surface area contributed by atoms with E-state index in [4.69, 9.17) is 0 Å². The first kappa shape index (κ1) is 27.4. The molecule has 0 aliphatic carbocycles. The zero-order valence-corrected chi connectivity index (χ0v) is 21.8. The van der Waals surface area contributed by atoms with E-state index in [1.807, 2.05) is 0 Å². The van der Waals surface area contributed by atoms with Gasteiger partial charge in [0.1, 0.15) is 12.5 Å². The third-order valence-corrected chi connectivity index (χ3v) is 8.81. The van der Waals surface area contributed by atoms with Gasteiger partial charge in [0.15, 0.2) is 0 Å². The van der Waals surface area contributed by atoms with E-state index in [0.29, 0.717) is 12.1 Å². The summed E-state index contributed by atoms with van der Waals surface area (Å²) in [6.45, 7) is 11.5. The highest BCUT2D eigenvalue weighted by atomic mass is 32.2. The van der Waals surface area contributed by atoms with E-state index in [1.54, 1.807) is 0 Å². The fourth-order valence-electron chi connectivity index (χ4n) is 5.63. The highest BCUT2D eigenvalue weighted by Gasteiger charge is 2.28. The maximum absolute atomic E-state index is 10.4. The van der Waals surface area contributed by atoms with E-state index >= 15 is 0 Å². The Balaban J connectivity index is 1.59. The van der Waals surface area contributed by atoms with Crippen molar-refractivity contribution < 1.29 is 10.2 Å². The van der Waals surface area contributed by atoms with Crippen molar-refractivity contribution in [2.45, 2.75) is 129 Å². The van der Waals surface area contributed by atoms with Crippen LogP contribution in [0.2, 0.25) is 0 Å². The van der Waals surface area contributed by atoms with Crippen molar-refractivity contribution >= 4 is 11.8 Å². The number of likely N-dealkylation sites (tertiary alicyclic amines) is 2. The molecule has 184 valence electrons. The van der Waals surface area contributed by atoms with E-state index < -0.39 is 0 Å². The van der Waals surface area contributed by atoms with Crippen molar-refractivity contribution in [3.8, 4) is 0 Å². The standard InChI is InChI=1S/C26H52N2O2S/c1-5-23(27-15-9-7-11-25(27)29)19-21(3)13-17-31-18-14-22(4)20-24(6-2)28-16-10-8-12-26(28)30/h21-26,29-30H,5-20H2,1-4H3. The van der Waals surface area contributed by atoms with Crippen LogP contribution in [-0.4, -0.2) is 69.1 Å². The minimum atomic E-state index is -0.209. The maximum Gasteiger partial charge on any atom is 0.107 e. The van der Waals surface area contributed by atoms with Gasteiger partial charge in [0.05, 0.1) is 0 Å². The molecule has 31 heavy (non-hydrogen) atoms. The largest absolute Gasteiger partial charge is 0.378 e. The molecule has 2 aliphatic rings. The molecule has 2 fully saturated rings. The highest BCUT2D eigenvalue weighted by Crippen LogP contribution is 2.27. The Morgan fingerprint density at radius 2 is 1.16 bits per heavy atom. The monoisotopic (exact) mass is 456 g/mol. The minimum absolute atomic E-state index is 0.209. The molecule has 0 aromatic rings. The molecule has 2 saturated heterocycles. The van der Waals surface area contributed by atoms with Gasteiger partial charge in [0, 0.05) is 25.2 Å². The van der Waals surface area contributed by atoms with Crippen molar-refractivity contribution in [2.24, 2.45) is 11.8 Å². The van der Waals surface area contributed by atoms with Crippen LogP contribution in [0.4, 0.5) is 0 Å². The molecular formula is C26H52N2O2S. The van der Waals surface area contributed by atoms with Crippen LogP contribution in [0.3, 0.4) is 0 Å². The van der Waals surface area contributed by atoms with Crippen LogP contribution < -0.4 is 0 Å². The fourth-order valence-corrected chi connectivity index (χ4v) is 6.98. The van der Waals surface area contributed by atoms with Gasteiger partial charge in [-0.25, -0.2) is 0 Å². The van der Waals surface area contributed by atoms with Gasteiger partial charge in [0.2, 0.25) is 0 Å². The third kappa shape index (κ3) is 9.52. The van der Waals surface area contributed by atoms with E-state index in [0.717, 1.165) is 50.6 Å². The SMILES string of the molecule is CCC(CC(C)CCSCCC(C)CC(CC)N1CCCCC1O)N1CCCCC1O. The van der Waals surface area contributed by atoms with Crippen molar-refractivity contribution in [1.82, 2.24) is 9.80 Å². The number of piperidine rings is 2. The number of hydrogen-bond acceptors (Lipinski definition) is 5. The predicted octanol–water partition coefficient (Wildman–Crippen LogP) is 5.72. The number of hydrogen-bond donors (Lipinski definition) is 2. The number of aliphatic hydroxyl groups is 2. The Kier molecular flexibility index (Phi) is 13.4. The summed E-state index contributed by atoms with van der Waals surface area (Å²) in [6, 6.07) is 1.10. The van der Waals surface area contributed by atoms with Gasteiger partial charge in [-0.05, 0) is 100 Å². The van der Waals surface area contributed by atoms with Gasteiger partial charge in [-0.2, -0.15) is 11.8 Å². The summed E-state index contributed by atoms with van der Waals surface area (Å²) in [7, 11) is 0. The molecule has 2 rings (SSSR count). The first-order valence-electron chi connectivity index (χ1n) is 13.4. The zero-order chi connectivity index (χ0) is 22.6. The van der Waals surface area contributed by atoms with Crippen LogP contribution in [0.5, 0.6) is 0 Å². The van der Waals surface area contributed by atoms with Crippen LogP contribution in [0.15, 0.2) is 0 Å². The van der Waals surface area contributed by atoms with Crippen LogP contribution >= 0.6 is 11.8 Å². The van der Waals surface area contributed by atoms with Gasteiger partial charge in [-0.1, -0.05) is 27.7 Å². The molecule has 2 aliphatic heterocycles. The smallest absolute Gasteiger partial charge is 0.107 e. The second-order valence-electron chi connectivity index (χ2n) is 10.4. The molecule has 4 nitrogen and oxygen atoms in total. The first-order chi connectivity index (χ1) is 15.0. The van der Waals surface area contributed by atoms with E-state index in [9.17, 15) is 10.2 Å². The summed E-state index contributed by atoms with van der Waals surface area (Å²) in [5.41, 5.74) is 0. The second kappa shape index (κ2) is 15.2. The molecular weight excluding hydrogens is 404 g/mol. The second-order valence-corrected chi connectivity index (χ2v) is 11.6. The predicted molar refractivity (Wildman–Crippen MR) is 135 cm³/mol. The first-order valence-corrected chi connectivity index (χ1v) is 14.6. The molecule has 2 N–H and O–H groups in total. The van der Waals surface area contributed by atoms with Gasteiger partial charge in [-0.15, -0.1) is 0 Å². The van der Waals surface area contributed by atoms with Crippen molar-refractivity contribution in [1.29, 1.82) is 0 Å². The fraction of sp³-hybridized carbons (Fsp3) is 1.00. The Bertz CT molecular complexity index is 427. The summed E-state index contributed by atoms with van der Waals surface area (Å²) in [5.74, 6) is 3.98. The lowest BCUT2D eigenvalue weighted by atomic mass is 9.94. The van der Waals surface area contributed by atoms with Crippen molar-refractivity contribution in [3.63, 3.8) is 0 Å². The summed E-state index contributed by atoms with van der Waals surface area (Å²) in [6.07, 6.45) is 13.6. The van der Waals surface area contributed by atoms with Crippen molar-refractivity contribution in [2.75, 3.05) is 24.6 Å². The maximum atomic E-state index is 10.4. The molecule has 0 aromatic heterocycles. The van der Waals surface area contributed by atoms with Gasteiger partial charge >= 0.3 is 0 Å². The normalized spacial score (nSPS) is 27.7. The topological polar surface area (TPSA) is 46.9 Å². The lowest BCUT2D eigenvalue weighted by molar-refractivity contribution is -0.0559. The Hall–Kier alpha value is 0.190. The Labute approximate surface area is 197 Å². The lowest BCUT2D eigenvalue weighted by Crippen LogP contribution is -2.46. The summed E-state index contributed by atoms with van der Waals surface area (Å²) in [4.78, 5) is 4.75. The van der Waals surface area contributed by atoms with Gasteiger partial charge in [-0.3, -0.25) is 9.80 Å². The highest BCUT2D eigenvalue weighted by molar-refractivity contribution is 7.99. The van der Waals surface area contributed by atoms with Gasteiger partial charge < -0.3 is 10.2 Å². The average Bonchev–Trinajstić information content (AvgIpc) is 2.76. The van der Waals surface area contributed by atoms with Crippen molar-refractivity contribution in [3.05, 3.63) is 0 Å². The molecule has 0 amide bonds. The molecule has 6 atom stereocenters. The molecule has 0 aromatic carbocycles. The minimum Gasteiger partial charge on any atom is -0.378 e. The van der Waals surface area contributed by atoms with Crippen LogP contribution in [0.25, 0.3) is 0 Å². The van der Waals surface area contributed by atoms with Gasteiger partial charge in [0.25, 0.3) is 0 Å². The number of rotatable bonds is 14. The zero-order valence-electron chi connectivity index (χ0n) is 21.0. The summed E-state index contributed by atoms with van der Waals surface area (Å²) < 4.78 is 0. The summed E-state index contributed by atoms with van der Waals surface area (Å²) in [5, 5.41) is 20.7. The Morgan fingerprint density at radius 1 is 0.742 bits per heavy atom. The number of aliphatic hydroxyl groups excluding tert-OH is 2. The van der Waals surface area contributed by atoms with Crippen LogP contribution in [0, 0.1) is 11.8 Å². The average molecular weight is 457 g/mol. The molecule has 0 spiro atoms. The third-order valence-electron chi connectivity index (χ3n) is 7.76. The lowest BCUT2D eigenvalue weighted by Gasteiger charge is -2.39. The van der Waals surface area contributed by atoms with E-state index in [-0.39, 0.29) is 12.5 Å². The Morgan fingerprint density at radius 3 is 1.52 bits per heavy atom. The number of thioether (sulfide) groups is 1. The summed E-state index contributed by atoms with van der Waals surface area (Å²) >= 11 is 2.13. The molecule has 6 unspecified atom stereocenters. The molecule has 5 heteroatoms. The van der Waals surface area contributed by atoms with Crippen LogP contribution in [-0.2, 0) is 0 Å². The molecule has 2 heterocycles. The molecule has 0 saturated carbocycles. The quantitative estimate of drug-likeness (QED) is 0.327. The number of nitrogens with zero attached hydrogens (tertiary/aromatic N) is 2. The van der Waals surface area contributed by atoms with E-state index in [1.165, 1.54) is 62.9 Å². The van der Waals surface area contributed by atoms with Crippen LogP contribution in [0.1, 0.15) is 105 Å². The van der Waals surface area contributed by atoms with E-state index in [2.05, 4.69) is 49.3 Å². The molecule has 0 radical (unpaired) electrons.